The van der Waals surface area contributed by atoms with Gasteiger partial charge in [0.05, 0.1) is 5.56 Å². The monoisotopic (exact) mass is 338 g/mol. The van der Waals surface area contributed by atoms with E-state index >= 15 is 0 Å². The van der Waals surface area contributed by atoms with Gasteiger partial charge in [0.1, 0.15) is 17.2 Å². The molecule has 0 amide bonds. The molecule has 0 bridgehead atoms. The predicted octanol–water partition coefficient (Wildman–Crippen LogP) is 3.18. The number of benzene rings is 1. The van der Waals surface area contributed by atoms with Crippen LogP contribution in [0.1, 0.15) is 25.1 Å². The summed E-state index contributed by atoms with van der Waals surface area (Å²) >= 11 is 0. The Labute approximate surface area is 135 Å². The van der Waals surface area contributed by atoms with Crippen LogP contribution in [0.15, 0.2) is 47.6 Å². The molecule has 0 saturated heterocycles. The van der Waals surface area contributed by atoms with Crippen LogP contribution in [0.25, 0.3) is 0 Å². The molecule has 2 heterocycles. The van der Waals surface area contributed by atoms with Gasteiger partial charge in [0.15, 0.2) is 11.9 Å². The van der Waals surface area contributed by atoms with Gasteiger partial charge in [-0.25, -0.2) is 4.99 Å². The van der Waals surface area contributed by atoms with Crippen molar-refractivity contribution in [1.82, 2.24) is 0 Å². The van der Waals surface area contributed by atoms with Crippen molar-refractivity contribution in [3.05, 3.63) is 59.1 Å². The number of alkyl halides is 3. The third-order valence-electron chi connectivity index (χ3n) is 3.25. The van der Waals surface area contributed by atoms with Crippen molar-refractivity contribution in [2.75, 3.05) is 0 Å². The molecule has 2 aromatic rings. The molecule has 0 atom stereocenters. The van der Waals surface area contributed by atoms with E-state index in [9.17, 15) is 18.4 Å². The minimum Gasteiger partial charge on any atom is -0.618 e. The minimum absolute atomic E-state index is 0.208. The normalized spacial score (nSPS) is 16.0. The number of aliphatic imine (C=N–C) groups is 1. The van der Waals surface area contributed by atoms with Crippen molar-refractivity contribution in [3.63, 3.8) is 0 Å². The van der Waals surface area contributed by atoms with Gasteiger partial charge in [0.25, 0.3) is 0 Å². The van der Waals surface area contributed by atoms with E-state index < -0.39 is 17.8 Å². The fourth-order valence-electron chi connectivity index (χ4n) is 2.41. The number of pyridine rings is 1. The first-order valence-electron chi connectivity index (χ1n) is 7.02. The lowest BCUT2D eigenvalue weighted by Gasteiger charge is -2.29. The molecule has 0 aliphatic carbocycles. The summed E-state index contributed by atoms with van der Waals surface area (Å²) in [5, 5.41) is 12.0. The molecule has 1 aliphatic rings. The maximum atomic E-state index is 12.4. The number of rotatable bonds is 2. The number of ether oxygens (including phenoxy) is 2. The first-order chi connectivity index (χ1) is 11.1. The molecule has 0 spiro atoms. The van der Waals surface area contributed by atoms with E-state index in [0.717, 1.165) is 12.1 Å². The van der Waals surface area contributed by atoms with Gasteiger partial charge < -0.3 is 14.7 Å². The summed E-state index contributed by atoms with van der Waals surface area (Å²) < 4.78 is 47.5. The van der Waals surface area contributed by atoms with Crippen LogP contribution in [-0.2, 0) is 0 Å². The molecule has 0 saturated carbocycles. The highest BCUT2D eigenvalue weighted by Crippen LogP contribution is 2.35. The van der Waals surface area contributed by atoms with E-state index in [1.807, 2.05) is 0 Å². The van der Waals surface area contributed by atoms with Gasteiger partial charge in [0, 0.05) is 12.1 Å². The summed E-state index contributed by atoms with van der Waals surface area (Å²) in [7, 11) is 0. The number of hydrogen-bond acceptors (Lipinski definition) is 4. The van der Waals surface area contributed by atoms with Crippen molar-refractivity contribution in [2.45, 2.75) is 25.9 Å². The van der Waals surface area contributed by atoms with Crippen LogP contribution >= 0.6 is 0 Å². The lowest BCUT2D eigenvalue weighted by Crippen LogP contribution is -2.39. The highest BCUT2D eigenvalue weighted by atomic mass is 19.4. The molecule has 24 heavy (non-hydrogen) atoms. The van der Waals surface area contributed by atoms with Crippen LogP contribution in [0.2, 0.25) is 0 Å². The first kappa shape index (κ1) is 16.1. The van der Waals surface area contributed by atoms with Gasteiger partial charge in [-0.1, -0.05) is 0 Å². The highest BCUT2D eigenvalue weighted by Gasteiger charge is 2.35. The number of halogens is 3. The Morgan fingerprint density at radius 3 is 2.62 bits per heavy atom. The van der Waals surface area contributed by atoms with E-state index in [1.54, 1.807) is 26.0 Å². The van der Waals surface area contributed by atoms with Gasteiger partial charge >= 0.3 is 6.36 Å². The summed E-state index contributed by atoms with van der Waals surface area (Å²) in [6.45, 7) is 3.38. The number of aromatic nitrogens is 1. The summed E-state index contributed by atoms with van der Waals surface area (Å²) in [5.74, 6) is -0.0889. The summed E-state index contributed by atoms with van der Waals surface area (Å²) in [6, 6.07) is 8.40. The van der Waals surface area contributed by atoms with Crippen LogP contribution in [0, 0.1) is 5.21 Å². The van der Waals surface area contributed by atoms with Crippen molar-refractivity contribution in [2.24, 2.45) is 4.99 Å². The molecule has 1 aliphatic heterocycles. The number of hydrogen-bond donors (Lipinski definition) is 0. The van der Waals surface area contributed by atoms with Crippen LogP contribution in [0.5, 0.6) is 11.5 Å². The van der Waals surface area contributed by atoms with Crippen molar-refractivity contribution in [3.8, 4) is 11.5 Å². The van der Waals surface area contributed by atoms with Gasteiger partial charge in [-0.05, 0) is 38.1 Å². The molecule has 5 nitrogen and oxygen atoms in total. The second-order valence-electron chi connectivity index (χ2n) is 5.63. The maximum absolute atomic E-state index is 12.4. The zero-order chi connectivity index (χ0) is 17.5. The van der Waals surface area contributed by atoms with Crippen LogP contribution < -0.4 is 14.2 Å². The molecular weight excluding hydrogens is 325 g/mol. The summed E-state index contributed by atoms with van der Waals surface area (Å²) in [4.78, 5) is 4.36. The predicted molar refractivity (Wildman–Crippen MR) is 78.9 cm³/mol. The molecule has 8 heteroatoms. The molecule has 3 rings (SSSR count). The van der Waals surface area contributed by atoms with E-state index in [4.69, 9.17) is 4.74 Å². The first-order valence-corrected chi connectivity index (χ1v) is 7.02. The van der Waals surface area contributed by atoms with Gasteiger partial charge in [-0.3, -0.25) is 0 Å². The van der Waals surface area contributed by atoms with E-state index in [-0.39, 0.29) is 17.0 Å². The fraction of sp³-hybridized carbons (Fsp3) is 0.250. The maximum Gasteiger partial charge on any atom is 0.573 e. The van der Waals surface area contributed by atoms with Crippen molar-refractivity contribution >= 4 is 5.71 Å². The Bertz CT molecular complexity index is 816. The van der Waals surface area contributed by atoms with Gasteiger partial charge in [0.2, 0.25) is 5.69 Å². The average Bonchev–Trinajstić information content (AvgIpc) is 2.45. The highest BCUT2D eigenvalue weighted by molar-refractivity contribution is 6.13. The Balaban J connectivity index is 2.14. The van der Waals surface area contributed by atoms with Crippen LogP contribution in [0.4, 0.5) is 13.2 Å². The molecule has 0 N–H and O–H groups in total. The van der Waals surface area contributed by atoms with Crippen LogP contribution in [0.3, 0.4) is 0 Å². The molecular formula is C16H13F3N2O3. The minimum atomic E-state index is -4.81. The largest absolute Gasteiger partial charge is 0.618 e. The summed E-state index contributed by atoms with van der Waals surface area (Å²) in [5.41, 5.74) is -0.256. The number of nitrogens with zero attached hydrogens (tertiary/aromatic N) is 2. The smallest absolute Gasteiger partial charge is 0.573 e. The van der Waals surface area contributed by atoms with Crippen LogP contribution in [-0.4, -0.2) is 17.8 Å². The average molecular weight is 338 g/mol. The Morgan fingerprint density at radius 1 is 1.21 bits per heavy atom. The number of fused-ring (bicyclic) bond motifs is 1. The SMILES string of the molecule is CC1(C)N=C(c2cccc[n+]2[O-])c2cc(OC(F)(F)F)ccc2O1. The lowest BCUT2D eigenvalue weighted by atomic mass is 10.0. The topological polar surface area (TPSA) is 57.8 Å². The molecule has 1 aromatic carbocycles. The molecule has 0 fully saturated rings. The zero-order valence-electron chi connectivity index (χ0n) is 12.8. The Kier molecular flexibility index (Phi) is 3.62. The van der Waals surface area contributed by atoms with Gasteiger partial charge in [-0.15, -0.1) is 13.2 Å². The van der Waals surface area contributed by atoms with Gasteiger partial charge in [-0.2, -0.15) is 4.73 Å². The van der Waals surface area contributed by atoms with Crippen molar-refractivity contribution < 1.29 is 27.4 Å². The second-order valence-corrected chi connectivity index (χ2v) is 5.63. The molecule has 126 valence electrons. The zero-order valence-corrected chi connectivity index (χ0v) is 12.8. The van der Waals surface area contributed by atoms with E-state index in [0.29, 0.717) is 10.5 Å². The molecule has 0 radical (unpaired) electrons. The third-order valence-corrected chi connectivity index (χ3v) is 3.25. The molecule has 1 aromatic heterocycles. The Morgan fingerprint density at radius 2 is 1.96 bits per heavy atom. The Hall–Kier alpha value is -2.77. The fourth-order valence-corrected chi connectivity index (χ4v) is 2.41. The lowest BCUT2D eigenvalue weighted by molar-refractivity contribution is -0.606. The molecule has 0 unspecified atom stereocenters. The van der Waals surface area contributed by atoms with E-state index in [2.05, 4.69) is 9.73 Å². The van der Waals surface area contributed by atoms with E-state index in [1.165, 1.54) is 18.3 Å². The quantitative estimate of drug-likeness (QED) is 0.624. The standard InChI is InChI=1S/C16H13F3N2O3/c1-15(2)20-14(12-5-3-4-8-21(12)22)11-9-10(23-16(17,18)19)6-7-13(11)24-15/h3-9H,1-2H3. The summed E-state index contributed by atoms with van der Waals surface area (Å²) in [6.07, 6.45) is -3.53. The second kappa shape index (κ2) is 5.40. The third kappa shape index (κ3) is 3.27. The van der Waals surface area contributed by atoms with Crippen molar-refractivity contribution in [1.29, 1.82) is 0 Å².